The third-order valence-electron chi connectivity index (χ3n) is 5.72. The lowest BCUT2D eigenvalue weighted by atomic mass is 10.0. The maximum absolute atomic E-state index is 11.4. The Morgan fingerprint density at radius 2 is 1.41 bits per heavy atom. The molecule has 0 aliphatic rings. The summed E-state index contributed by atoms with van der Waals surface area (Å²) in [7, 11) is 0. The number of esters is 1. The van der Waals surface area contributed by atoms with E-state index in [9.17, 15) is 9.59 Å². The summed E-state index contributed by atoms with van der Waals surface area (Å²) < 4.78 is 11.4. The standard InChI is InChI=1S/C27H44O5/c1-3-4-5-6-7-8-9-10-11-12-16-19-25(31-22-24-17-14-13-15-18-24)20-26(21-27(29)30)32-23(2)28/h13-15,17-18,25-26H,3-12,16,19-22H2,1-2H3,(H,29,30). The number of hydrogen-bond acceptors (Lipinski definition) is 4. The predicted molar refractivity (Wildman–Crippen MR) is 129 cm³/mol. The Morgan fingerprint density at radius 1 is 0.844 bits per heavy atom. The van der Waals surface area contributed by atoms with Gasteiger partial charge in [-0.3, -0.25) is 9.59 Å². The normalized spacial score (nSPS) is 12.9. The zero-order chi connectivity index (χ0) is 23.4. The number of ether oxygens (including phenoxy) is 2. The van der Waals surface area contributed by atoms with Crippen molar-refractivity contribution in [3.05, 3.63) is 35.9 Å². The first kappa shape index (κ1) is 28.2. The molecule has 182 valence electrons. The molecule has 0 heterocycles. The summed E-state index contributed by atoms with van der Waals surface area (Å²) in [6.45, 7) is 4.04. The second kappa shape index (κ2) is 18.7. The van der Waals surface area contributed by atoms with Crippen LogP contribution in [0.5, 0.6) is 0 Å². The molecular formula is C27H44O5. The van der Waals surface area contributed by atoms with Gasteiger partial charge in [0.05, 0.1) is 19.1 Å². The SMILES string of the molecule is CCCCCCCCCCCCCC(CC(CC(=O)O)OC(C)=O)OCc1ccccc1. The second-order valence-electron chi connectivity index (χ2n) is 8.81. The first-order valence-electron chi connectivity index (χ1n) is 12.6. The minimum absolute atomic E-state index is 0.127. The van der Waals surface area contributed by atoms with Gasteiger partial charge in [0.25, 0.3) is 0 Å². The molecule has 0 aromatic heterocycles. The summed E-state index contributed by atoms with van der Waals surface area (Å²) in [5.74, 6) is -1.42. The molecule has 1 aromatic carbocycles. The molecule has 1 aromatic rings. The fourth-order valence-electron chi connectivity index (χ4n) is 3.99. The van der Waals surface area contributed by atoms with Crippen molar-refractivity contribution >= 4 is 11.9 Å². The van der Waals surface area contributed by atoms with Crippen LogP contribution in [0.15, 0.2) is 30.3 Å². The third-order valence-corrected chi connectivity index (χ3v) is 5.72. The molecule has 5 nitrogen and oxygen atoms in total. The smallest absolute Gasteiger partial charge is 0.307 e. The van der Waals surface area contributed by atoms with Crippen LogP contribution in [0.4, 0.5) is 0 Å². The first-order valence-corrected chi connectivity index (χ1v) is 12.6. The Bertz CT molecular complexity index is 585. The van der Waals surface area contributed by atoms with Crippen LogP contribution in [0.25, 0.3) is 0 Å². The molecule has 1 rings (SSSR count). The van der Waals surface area contributed by atoms with Crippen molar-refractivity contribution in [1.82, 2.24) is 0 Å². The predicted octanol–water partition coefficient (Wildman–Crippen LogP) is 7.07. The van der Waals surface area contributed by atoms with Crippen molar-refractivity contribution in [2.75, 3.05) is 0 Å². The van der Waals surface area contributed by atoms with Crippen LogP contribution in [0, 0.1) is 0 Å². The molecule has 2 atom stereocenters. The quantitative estimate of drug-likeness (QED) is 0.171. The average Bonchev–Trinajstić information content (AvgIpc) is 2.75. The molecule has 0 spiro atoms. The lowest BCUT2D eigenvalue weighted by Gasteiger charge is -2.23. The Balaban J connectivity index is 2.38. The van der Waals surface area contributed by atoms with Crippen LogP contribution >= 0.6 is 0 Å². The van der Waals surface area contributed by atoms with Crippen molar-refractivity contribution in [3.63, 3.8) is 0 Å². The fourth-order valence-corrected chi connectivity index (χ4v) is 3.99. The molecule has 0 aliphatic carbocycles. The van der Waals surface area contributed by atoms with E-state index in [0.29, 0.717) is 13.0 Å². The molecule has 0 fully saturated rings. The van der Waals surface area contributed by atoms with Crippen LogP contribution < -0.4 is 0 Å². The van der Waals surface area contributed by atoms with Crippen LogP contribution in [0.1, 0.15) is 109 Å². The number of unbranched alkanes of at least 4 members (excludes halogenated alkanes) is 10. The molecule has 32 heavy (non-hydrogen) atoms. The van der Waals surface area contributed by atoms with Crippen LogP contribution in [0.3, 0.4) is 0 Å². The number of hydrogen-bond donors (Lipinski definition) is 1. The van der Waals surface area contributed by atoms with E-state index in [0.717, 1.165) is 24.8 Å². The first-order chi connectivity index (χ1) is 15.5. The molecule has 0 saturated heterocycles. The number of benzene rings is 1. The highest BCUT2D eigenvalue weighted by Gasteiger charge is 2.22. The number of carbonyl (C=O) groups is 2. The highest BCUT2D eigenvalue weighted by molar-refractivity contribution is 5.69. The molecular weight excluding hydrogens is 404 g/mol. The van der Waals surface area contributed by atoms with Crippen molar-refractivity contribution in [1.29, 1.82) is 0 Å². The molecule has 5 heteroatoms. The second-order valence-corrected chi connectivity index (χ2v) is 8.81. The van der Waals surface area contributed by atoms with Gasteiger partial charge in [-0.15, -0.1) is 0 Å². The molecule has 0 radical (unpaired) electrons. The molecule has 1 N–H and O–H groups in total. The van der Waals surface area contributed by atoms with E-state index in [2.05, 4.69) is 6.92 Å². The van der Waals surface area contributed by atoms with Crippen molar-refractivity contribution in [2.24, 2.45) is 0 Å². The topological polar surface area (TPSA) is 72.8 Å². The van der Waals surface area contributed by atoms with E-state index < -0.39 is 18.0 Å². The lowest BCUT2D eigenvalue weighted by molar-refractivity contribution is -0.153. The van der Waals surface area contributed by atoms with E-state index in [1.807, 2.05) is 30.3 Å². The Morgan fingerprint density at radius 3 is 1.94 bits per heavy atom. The molecule has 2 unspecified atom stereocenters. The Kier molecular flexibility index (Phi) is 16.4. The molecule has 0 saturated carbocycles. The lowest BCUT2D eigenvalue weighted by Crippen LogP contribution is -2.27. The average molecular weight is 449 g/mol. The van der Waals surface area contributed by atoms with Crippen molar-refractivity contribution in [3.8, 4) is 0 Å². The Labute approximate surface area is 194 Å². The zero-order valence-electron chi connectivity index (χ0n) is 20.2. The summed E-state index contributed by atoms with van der Waals surface area (Å²) in [6.07, 6.45) is 14.4. The Hall–Kier alpha value is -1.88. The van der Waals surface area contributed by atoms with Gasteiger partial charge in [-0.25, -0.2) is 0 Å². The summed E-state index contributed by atoms with van der Waals surface area (Å²) in [6, 6.07) is 9.95. The molecule has 0 bridgehead atoms. The van der Waals surface area contributed by atoms with Gasteiger partial charge in [-0.05, 0) is 12.0 Å². The highest BCUT2D eigenvalue weighted by Crippen LogP contribution is 2.19. The van der Waals surface area contributed by atoms with Crippen LogP contribution in [-0.4, -0.2) is 29.3 Å². The number of carboxylic acids is 1. The third kappa shape index (κ3) is 15.9. The fraction of sp³-hybridized carbons (Fsp3) is 0.704. The largest absolute Gasteiger partial charge is 0.481 e. The number of carboxylic acid groups (broad SMARTS) is 1. The highest BCUT2D eigenvalue weighted by atomic mass is 16.5. The maximum Gasteiger partial charge on any atom is 0.307 e. The number of carbonyl (C=O) groups excluding carboxylic acids is 1. The van der Waals surface area contributed by atoms with Gasteiger partial charge in [0, 0.05) is 13.3 Å². The van der Waals surface area contributed by atoms with E-state index in [4.69, 9.17) is 14.6 Å². The van der Waals surface area contributed by atoms with Crippen LogP contribution in [-0.2, 0) is 25.7 Å². The molecule has 0 amide bonds. The monoisotopic (exact) mass is 448 g/mol. The van der Waals surface area contributed by atoms with Crippen molar-refractivity contribution in [2.45, 2.75) is 123 Å². The maximum atomic E-state index is 11.4. The van der Waals surface area contributed by atoms with E-state index >= 15 is 0 Å². The van der Waals surface area contributed by atoms with E-state index in [-0.39, 0.29) is 12.5 Å². The van der Waals surface area contributed by atoms with Gasteiger partial charge >= 0.3 is 11.9 Å². The van der Waals surface area contributed by atoms with Gasteiger partial charge < -0.3 is 14.6 Å². The number of rotatable bonds is 20. The minimum Gasteiger partial charge on any atom is -0.481 e. The molecule has 0 aliphatic heterocycles. The van der Waals surface area contributed by atoms with E-state index in [1.54, 1.807) is 0 Å². The van der Waals surface area contributed by atoms with E-state index in [1.165, 1.54) is 64.7 Å². The van der Waals surface area contributed by atoms with Gasteiger partial charge in [0.15, 0.2) is 0 Å². The minimum atomic E-state index is -0.965. The van der Waals surface area contributed by atoms with Gasteiger partial charge in [-0.1, -0.05) is 108 Å². The summed E-state index contributed by atoms with van der Waals surface area (Å²) in [5, 5.41) is 9.16. The van der Waals surface area contributed by atoms with Crippen LogP contribution in [0.2, 0.25) is 0 Å². The zero-order valence-corrected chi connectivity index (χ0v) is 20.2. The van der Waals surface area contributed by atoms with Gasteiger partial charge in [0.1, 0.15) is 6.10 Å². The number of aliphatic carboxylic acids is 1. The van der Waals surface area contributed by atoms with Gasteiger partial charge in [-0.2, -0.15) is 0 Å². The summed E-state index contributed by atoms with van der Waals surface area (Å²) in [4.78, 5) is 22.6. The van der Waals surface area contributed by atoms with Gasteiger partial charge in [0.2, 0.25) is 0 Å². The summed E-state index contributed by atoms with van der Waals surface area (Å²) in [5.41, 5.74) is 1.08. The summed E-state index contributed by atoms with van der Waals surface area (Å²) >= 11 is 0. The van der Waals surface area contributed by atoms with Crippen molar-refractivity contribution < 1.29 is 24.2 Å².